The first-order valence-electron chi connectivity index (χ1n) is 9.84. The van der Waals surface area contributed by atoms with Crippen molar-refractivity contribution in [2.75, 3.05) is 47.5 Å². The molecule has 0 unspecified atom stereocenters. The number of carbonyl (C=O) groups excluding carboxylic acids is 1. The number of hydrogen-bond donors (Lipinski definition) is 0. The number of hydrogen-bond acceptors (Lipinski definition) is 5. The van der Waals surface area contributed by atoms with Gasteiger partial charge in [0.25, 0.3) is 0 Å². The van der Waals surface area contributed by atoms with Gasteiger partial charge >= 0.3 is 0 Å². The van der Waals surface area contributed by atoms with Gasteiger partial charge in [-0.15, -0.1) is 0 Å². The van der Waals surface area contributed by atoms with Gasteiger partial charge in [0.2, 0.25) is 5.91 Å². The Balaban J connectivity index is 1.91. The maximum absolute atomic E-state index is 13.7. The fourth-order valence-corrected chi connectivity index (χ4v) is 4.54. The standard InChI is InChI=1S/C21H32N2O4/c1-6-21(7-2,15-8-9-17(25-4)18(12-15)26-5)20(24)23-13-16-19(14-23)27-11-10-22(16)3/h8-9,12,16,19H,6-7,10-11,13-14H2,1-5H3/t16-,19+/m0/s1. The molecular formula is C21H32N2O4. The van der Waals surface area contributed by atoms with E-state index in [4.69, 9.17) is 14.2 Å². The second-order valence-corrected chi connectivity index (χ2v) is 7.53. The molecule has 6 nitrogen and oxygen atoms in total. The second-order valence-electron chi connectivity index (χ2n) is 7.53. The fourth-order valence-electron chi connectivity index (χ4n) is 4.54. The maximum Gasteiger partial charge on any atom is 0.233 e. The number of carbonyl (C=O) groups is 1. The molecule has 150 valence electrons. The number of rotatable bonds is 6. The first kappa shape index (κ1) is 20.0. The molecule has 0 N–H and O–H groups in total. The third kappa shape index (κ3) is 3.41. The summed E-state index contributed by atoms with van der Waals surface area (Å²) in [5.41, 5.74) is 0.422. The van der Waals surface area contributed by atoms with Gasteiger partial charge in [-0.3, -0.25) is 9.69 Å². The lowest BCUT2D eigenvalue weighted by Crippen LogP contribution is -2.48. The van der Waals surface area contributed by atoms with Gasteiger partial charge in [0.05, 0.1) is 38.4 Å². The van der Waals surface area contributed by atoms with Crippen LogP contribution in [0.2, 0.25) is 0 Å². The zero-order valence-electron chi connectivity index (χ0n) is 17.2. The molecule has 6 heteroatoms. The summed E-state index contributed by atoms with van der Waals surface area (Å²) in [7, 11) is 5.37. The normalized spacial score (nSPS) is 23.2. The van der Waals surface area contributed by atoms with E-state index in [1.54, 1.807) is 14.2 Å². The number of methoxy groups -OCH3 is 2. The van der Waals surface area contributed by atoms with Crippen molar-refractivity contribution >= 4 is 5.91 Å². The Labute approximate surface area is 162 Å². The van der Waals surface area contributed by atoms with Crippen LogP contribution < -0.4 is 9.47 Å². The zero-order valence-corrected chi connectivity index (χ0v) is 17.2. The maximum atomic E-state index is 13.7. The van der Waals surface area contributed by atoms with Gasteiger partial charge in [0, 0.05) is 19.6 Å². The van der Waals surface area contributed by atoms with Crippen LogP contribution in [0.3, 0.4) is 0 Å². The van der Waals surface area contributed by atoms with Crippen molar-refractivity contribution < 1.29 is 19.0 Å². The lowest BCUT2D eigenvalue weighted by atomic mass is 9.74. The van der Waals surface area contributed by atoms with E-state index in [1.807, 2.05) is 23.1 Å². The number of fused-ring (bicyclic) bond motifs is 1. The van der Waals surface area contributed by atoms with Gasteiger partial charge in [-0.2, -0.15) is 0 Å². The van der Waals surface area contributed by atoms with Crippen LogP contribution in [-0.2, 0) is 14.9 Å². The molecule has 1 aromatic rings. The Morgan fingerprint density at radius 1 is 1.19 bits per heavy atom. The Hall–Kier alpha value is -1.79. The summed E-state index contributed by atoms with van der Waals surface area (Å²) in [5.74, 6) is 1.52. The summed E-state index contributed by atoms with van der Waals surface area (Å²) in [6.45, 7) is 7.24. The highest BCUT2D eigenvalue weighted by atomic mass is 16.5. The highest BCUT2D eigenvalue weighted by molar-refractivity contribution is 5.89. The van der Waals surface area contributed by atoms with E-state index in [9.17, 15) is 4.79 Å². The SMILES string of the molecule is CCC(CC)(C(=O)N1C[C@H]2OCCN(C)[C@H]2C1)c1ccc(OC)c(OC)c1. The third-order valence-electron chi connectivity index (χ3n) is 6.42. The highest BCUT2D eigenvalue weighted by Gasteiger charge is 2.46. The third-order valence-corrected chi connectivity index (χ3v) is 6.42. The molecule has 3 rings (SSSR count). The first-order chi connectivity index (χ1) is 13.0. The van der Waals surface area contributed by atoms with E-state index < -0.39 is 5.41 Å². The molecule has 0 radical (unpaired) electrons. The molecule has 2 heterocycles. The van der Waals surface area contributed by atoms with Gasteiger partial charge < -0.3 is 19.1 Å². The summed E-state index contributed by atoms with van der Waals surface area (Å²) in [4.78, 5) is 18.0. The largest absolute Gasteiger partial charge is 0.493 e. The first-order valence-corrected chi connectivity index (χ1v) is 9.84. The topological polar surface area (TPSA) is 51.2 Å². The van der Waals surface area contributed by atoms with Crippen molar-refractivity contribution in [1.82, 2.24) is 9.80 Å². The molecule has 0 spiro atoms. The van der Waals surface area contributed by atoms with Gasteiger partial charge in [0.1, 0.15) is 0 Å². The smallest absolute Gasteiger partial charge is 0.233 e. The predicted octanol–water partition coefficient (Wildman–Crippen LogP) is 2.30. The quantitative estimate of drug-likeness (QED) is 0.763. The lowest BCUT2D eigenvalue weighted by Gasteiger charge is -2.35. The lowest BCUT2D eigenvalue weighted by molar-refractivity contribution is -0.137. The molecular weight excluding hydrogens is 344 g/mol. The number of nitrogens with zero attached hydrogens (tertiary/aromatic N) is 2. The molecule has 1 aromatic carbocycles. The van der Waals surface area contributed by atoms with E-state index in [0.29, 0.717) is 24.1 Å². The van der Waals surface area contributed by atoms with Crippen molar-refractivity contribution in [3.8, 4) is 11.5 Å². The number of morpholine rings is 1. The van der Waals surface area contributed by atoms with Crippen LogP contribution in [-0.4, -0.2) is 75.4 Å². The van der Waals surface area contributed by atoms with Gasteiger partial charge in [-0.05, 0) is 37.6 Å². The highest BCUT2D eigenvalue weighted by Crippen LogP contribution is 2.39. The van der Waals surface area contributed by atoms with Crippen molar-refractivity contribution in [2.45, 2.75) is 44.2 Å². The van der Waals surface area contributed by atoms with Crippen molar-refractivity contribution in [1.29, 1.82) is 0 Å². The zero-order chi connectivity index (χ0) is 19.6. The van der Waals surface area contributed by atoms with Gasteiger partial charge in [-0.25, -0.2) is 0 Å². The average molecular weight is 376 g/mol. The molecule has 2 aliphatic rings. The van der Waals surface area contributed by atoms with Crippen LogP contribution in [0.25, 0.3) is 0 Å². The van der Waals surface area contributed by atoms with Crippen molar-refractivity contribution in [3.63, 3.8) is 0 Å². The van der Waals surface area contributed by atoms with Crippen LogP contribution >= 0.6 is 0 Å². The van der Waals surface area contributed by atoms with Crippen molar-refractivity contribution in [2.24, 2.45) is 0 Å². The minimum Gasteiger partial charge on any atom is -0.493 e. The van der Waals surface area contributed by atoms with Crippen LogP contribution in [0.5, 0.6) is 11.5 Å². The van der Waals surface area contributed by atoms with Crippen LogP contribution in [0.15, 0.2) is 18.2 Å². The Morgan fingerprint density at radius 3 is 2.48 bits per heavy atom. The Morgan fingerprint density at radius 2 is 1.89 bits per heavy atom. The molecule has 2 saturated heterocycles. The number of benzene rings is 1. The summed E-state index contributed by atoms with van der Waals surface area (Å²) < 4.78 is 16.8. The van der Waals surface area contributed by atoms with Gasteiger partial charge in [-0.1, -0.05) is 19.9 Å². The summed E-state index contributed by atoms with van der Waals surface area (Å²) in [6.07, 6.45) is 1.59. The molecule has 0 saturated carbocycles. The van der Waals surface area contributed by atoms with E-state index in [2.05, 4.69) is 25.8 Å². The average Bonchev–Trinajstić information content (AvgIpc) is 3.14. The van der Waals surface area contributed by atoms with Gasteiger partial charge in [0.15, 0.2) is 11.5 Å². The molecule has 2 aliphatic heterocycles. The molecule has 1 amide bonds. The molecule has 2 fully saturated rings. The van der Waals surface area contributed by atoms with Crippen LogP contribution in [0.4, 0.5) is 0 Å². The minimum atomic E-state index is -0.564. The van der Waals surface area contributed by atoms with E-state index in [-0.39, 0.29) is 12.0 Å². The number of likely N-dealkylation sites (tertiary alicyclic amines) is 1. The van der Waals surface area contributed by atoms with Crippen molar-refractivity contribution in [3.05, 3.63) is 23.8 Å². The number of ether oxygens (including phenoxy) is 3. The number of likely N-dealkylation sites (N-methyl/N-ethyl adjacent to an activating group) is 1. The van der Waals surface area contributed by atoms with Crippen LogP contribution in [0.1, 0.15) is 32.3 Å². The van der Waals surface area contributed by atoms with E-state index in [1.165, 1.54) is 0 Å². The molecule has 0 bridgehead atoms. The molecule has 27 heavy (non-hydrogen) atoms. The summed E-state index contributed by atoms with van der Waals surface area (Å²) in [5, 5.41) is 0. The summed E-state index contributed by atoms with van der Waals surface area (Å²) in [6, 6.07) is 6.13. The second kappa shape index (κ2) is 8.07. The summed E-state index contributed by atoms with van der Waals surface area (Å²) >= 11 is 0. The predicted molar refractivity (Wildman–Crippen MR) is 105 cm³/mol. The van der Waals surface area contributed by atoms with E-state index in [0.717, 1.165) is 38.1 Å². The van der Waals surface area contributed by atoms with Crippen LogP contribution in [0, 0.1) is 0 Å². The molecule has 0 aromatic heterocycles. The monoisotopic (exact) mass is 376 g/mol. The molecule has 2 atom stereocenters. The fraction of sp³-hybridized carbons (Fsp3) is 0.667. The molecule has 0 aliphatic carbocycles. The Kier molecular flexibility index (Phi) is 5.96. The number of amides is 1. The van der Waals surface area contributed by atoms with E-state index >= 15 is 0 Å². The minimum absolute atomic E-state index is 0.115. The Bertz CT molecular complexity index is 674.